The SMILES string of the molecule is CCCN(Cc1ccc(OCC)cc1)Cc1cc(=O)n2c(C)csc2n1. The zero-order chi connectivity index (χ0) is 18.5. The van der Waals surface area contributed by atoms with Crippen molar-refractivity contribution in [3.05, 3.63) is 63.0 Å². The van der Waals surface area contributed by atoms with Crippen LogP contribution in [0.5, 0.6) is 5.75 Å². The number of ether oxygens (including phenoxy) is 1. The van der Waals surface area contributed by atoms with E-state index < -0.39 is 0 Å². The number of benzene rings is 1. The monoisotopic (exact) mass is 371 g/mol. The molecule has 0 unspecified atom stereocenters. The number of hydrogen-bond acceptors (Lipinski definition) is 5. The molecule has 0 amide bonds. The summed E-state index contributed by atoms with van der Waals surface area (Å²) in [6.45, 7) is 9.21. The Labute approximate surface area is 157 Å². The van der Waals surface area contributed by atoms with Crippen molar-refractivity contribution in [3.8, 4) is 5.75 Å². The maximum absolute atomic E-state index is 12.4. The fourth-order valence-corrected chi connectivity index (χ4v) is 3.95. The first-order valence-electron chi connectivity index (χ1n) is 9.01. The van der Waals surface area contributed by atoms with Gasteiger partial charge in [0.05, 0.1) is 12.3 Å². The summed E-state index contributed by atoms with van der Waals surface area (Å²) in [6.07, 6.45) is 1.05. The van der Waals surface area contributed by atoms with Crippen molar-refractivity contribution in [1.82, 2.24) is 14.3 Å². The molecule has 26 heavy (non-hydrogen) atoms. The van der Waals surface area contributed by atoms with Crippen molar-refractivity contribution in [2.24, 2.45) is 0 Å². The van der Waals surface area contributed by atoms with Gasteiger partial charge in [0.1, 0.15) is 5.75 Å². The van der Waals surface area contributed by atoms with Gasteiger partial charge >= 0.3 is 0 Å². The van der Waals surface area contributed by atoms with Crippen LogP contribution < -0.4 is 10.3 Å². The van der Waals surface area contributed by atoms with Crippen LogP contribution >= 0.6 is 11.3 Å². The van der Waals surface area contributed by atoms with Crippen molar-refractivity contribution < 1.29 is 4.74 Å². The van der Waals surface area contributed by atoms with E-state index >= 15 is 0 Å². The second kappa shape index (κ2) is 8.47. The van der Waals surface area contributed by atoms with E-state index in [0.717, 1.165) is 41.6 Å². The van der Waals surface area contributed by atoms with E-state index in [1.165, 1.54) is 16.9 Å². The third-order valence-electron chi connectivity index (χ3n) is 4.19. The van der Waals surface area contributed by atoms with Crippen molar-refractivity contribution in [3.63, 3.8) is 0 Å². The van der Waals surface area contributed by atoms with E-state index in [4.69, 9.17) is 4.74 Å². The zero-order valence-corrected chi connectivity index (χ0v) is 16.4. The summed E-state index contributed by atoms with van der Waals surface area (Å²) in [7, 11) is 0. The smallest absolute Gasteiger partial charge is 0.259 e. The summed E-state index contributed by atoms with van der Waals surface area (Å²) in [4.78, 5) is 20.1. The summed E-state index contributed by atoms with van der Waals surface area (Å²) in [6, 6.07) is 9.87. The molecule has 0 saturated carbocycles. The minimum Gasteiger partial charge on any atom is -0.494 e. The Morgan fingerprint density at radius 2 is 1.96 bits per heavy atom. The Morgan fingerprint density at radius 3 is 2.65 bits per heavy atom. The number of aromatic nitrogens is 2. The average molecular weight is 372 g/mol. The number of nitrogens with zero attached hydrogens (tertiary/aromatic N) is 3. The summed E-state index contributed by atoms with van der Waals surface area (Å²) in [5, 5.41) is 1.97. The predicted octanol–water partition coefficient (Wildman–Crippen LogP) is 3.88. The molecule has 0 fully saturated rings. The van der Waals surface area contributed by atoms with Gasteiger partial charge in [-0.05, 0) is 44.5 Å². The Hall–Kier alpha value is -2.18. The molecule has 0 saturated heterocycles. The minimum absolute atomic E-state index is 0.00117. The molecule has 0 N–H and O–H groups in total. The number of hydrogen-bond donors (Lipinski definition) is 0. The third kappa shape index (κ3) is 4.31. The molecule has 0 aliphatic carbocycles. The van der Waals surface area contributed by atoms with Crippen LogP contribution in [0.15, 0.2) is 40.5 Å². The molecule has 2 heterocycles. The summed E-state index contributed by atoms with van der Waals surface area (Å²) >= 11 is 1.51. The third-order valence-corrected chi connectivity index (χ3v) is 5.14. The molecule has 0 spiro atoms. The van der Waals surface area contributed by atoms with Crippen LogP contribution in [0.4, 0.5) is 0 Å². The Bertz CT molecular complexity index is 915. The fraction of sp³-hybridized carbons (Fsp3) is 0.400. The second-order valence-electron chi connectivity index (χ2n) is 6.37. The van der Waals surface area contributed by atoms with Crippen LogP contribution in [0.3, 0.4) is 0 Å². The van der Waals surface area contributed by atoms with Crippen molar-refractivity contribution >= 4 is 16.3 Å². The van der Waals surface area contributed by atoms with Crippen LogP contribution in [-0.2, 0) is 13.1 Å². The van der Waals surface area contributed by atoms with E-state index in [-0.39, 0.29) is 5.56 Å². The lowest BCUT2D eigenvalue weighted by atomic mass is 10.2. The van der Waals surface area contributed by atoms with E-state index in [0.29, 0.717) is 13.2 Å². The topological polar surface area (TPSA) is 46.8 Å². The van der Waals surface area contributed by atoms with Crippen LogP contribution in [-0.4, -0.2) is 27.4 Å². The maximum atomic E-state index is 12.4. The van der Waals surface area contributed by atoms with Crippen LogP contribution in [0.1, 0.15) is 37.2 Å². The quantitative estimate of drug-likeness (QED) is 0.603. The van der Waals surface area contributed by atoms with Gasteiger partial charge in [0.15, 0.2) is 4.96 Å². The van der Waals surface area contributed by atoms with Gasteiger partial charge < -0.3 is 4.74 Å². The van der Waals surface area contributed by atoms with Gasteiger partial charge in [-0.15, -0.1) is 11.3 Å². The van der Waals surface area contributed by atoms with Crippen LogP contribution in [0, 0.1) is 6.92 Å². The molecule has 3 aromatic rings. The van der Waals surface area contributed by atoms with Gasteiger partial charge in [-0.3, -0.25) is 14.1 Å². The molecule has 2 aromatic heterocycles. The first-order valence-corrected chi connectivity index (χ1v) is 9.89. The second-order valence-corrected chi connectivity index (χ2v) is 7.20. The van der Waals surface area contributed by atoms with E-state index in [2.05, 4.69) is 28.9 Å². The number of thiazole rings is 1. The van der Waals surface area contributed by atoms with Gasteiger partial charge in [-0.2, -0.15) is 0 Å². The molecule has 0 aliphatic rings. The fourth-order valence-electron chi connectivity index (χ4n) is 3.06. The molecular weight excluding hydrogens is 346 g/mol. The summed E-state index contributed by atoms with van der Waals surface area (Å²) < 4.78 is 7.18. The molecule has 3 rings (SSSR count). The van der Waals surface area contributed by atoms with Gasteiger partial charge in [0.25, 0.3) is 5.56 Å². The lowest BCUT2D eigenvalue weighted by molar-refractivity contribution is 0.254. The highest BCUT2D eigenvalue weighted by Gasteiger charge is 2.11. The Balaban J connectivity index is 1.76. The first-order chi connectivity index (χ1) is 12.6. The number of fused-ring (bicyclic) bond motifs is 1. The van der Waals surface area contributed by atoms with E-state index in [9.17, 15) is 4.79 Å². The first kappa shape index (κ1) is 18.6. The standard InChI is InChI=1S/C20H25N3O2S/c1-4-10-22(12-16-6-8-18(9-7-16)25-5-2)13-17-11-19(24)23-15(3)14-26-20(23)21-17/h6-9,11,14H,4-5,10,12-13H2,1-3H3. The molecular formula is C20H25N3O2S. The van der Waals surface area contributed by atoms with Gasteiger partial charge in [-0.1, -0.05) is 19.1 Å². The molecule has 5 nitrogen and oxygen atoms in total. The van der Waals surface area contributed by atoms with Crippen molar-refractivity contribution in [2.45, 2.75) is 40.3 Å². The lowest BCUT2D eigenvalue weighted by Gasteiger charge is -2.21. The molecule has 0 atom stereocenters. The van der Waals surface area contributed by atoms with Crippen LogP contribution in [0.2, 0.25) is 0 Å². The van der Waals surface area contributed by atoms with E-state index in [1.807, 2.05) is 31.4 Å². The predicted molar refractivity (Wildman–Crippen MR) is 106 cm³/mol. The zero-order valence-electron chi connectivity index (χ0n) is 15.6. The van der Waals surface area contributed by atoms with Gasteiger partial charge in [0.2, 0.25) is 0 Å². The normalized spacial score (nSPS) is 11.4. The molecule has 0 radical (unpaired) electrons. The highest BCUT2D eigenvalue weighted by molar-refractivity contribution is 7.15. The lowest BCUT2D eigenvalue weighted by Crippen LogP contribution is -2.26. The van der Waals surface area contributed by atoms with Crippen molar-refractivity contribution in [2.75, 3.05) is 13.2 Å². The van der Waals surface area contributed by atoms with Crippen LogP contribution in [0.25, 0.3) is 4.96 Å². The molecule has 138 valence electrons. The average Bonchev–Trinajstić information content (AvgIpc) is 2.98. The Morgan fingerprint density at radius 1 is 1.19 bits per heavy atom. The van der Waals surface area contributed by atoms with Gasteiger partial charge in [-0.25, -0.2) is 4.98 Å². The van der Waals surface area contributed by atoms with E-state index in [1.54, 1.807) is 10.5 Å². The highest BCUT2D eigenvalue weighted by atomic mass is 32.1. The number of aryl methyl sites for hydroxylation is 1. The summed E-state index contributed by atoms with van der Waals surface area (Å²) in [5.74, 6) is 0.895. The molecule has 0 aliphatic heterocycles. The highest BCUT2D eigenvalue weighted by Crippen LogP contribution is 2.16. The largest absolute Gasteiger partial charge is 0.494 e. The maximum Gasteiger partial charge on any atom is 0.259 e. The number of rotatable bonds is 8. The molecule has 6 heteroatoms. The Kier molecular flexibility index (Phi) is 6.06. The minimum atomic E-state index is 0.00117. The van der Waals surface area contributed by atoms with Gasteiger partial charge in [0, 0.05) is 30.2 Å². The van der Waals surface area contributed by atoms with Crippen molar-refractivity contribution in [1.29, 1.82) is 0 Å². The molecule has 1 aromatic carbocycles. The molecule has 0 bridgehead atoms. The summed E-state index contributed by atoms with van der Waals surface area (Å²) in [5.41, 5.74) is 3.00.